The number of piperazine rings is 1. The maximum absolute atomic E-state index is 12.4. The van der Waals surface area contributed by atoms with Crippen LogP contribution >= 0.6 is 0 Å². The van der Waals surface area contributed by atoms with Gasteiger partial charge in [0, 0.05) is 18.2 Å². The molecule has 7 nitrogen and oxygen atoms in total. The summed E-state index contributed by atoms with van der Waals surface area (Å²) in [5.41, 5.74) is 0.526. The molecule has 2 amide bonds. The van der Waals surface area contributed by atoms with Gasteiger partial charge in [0.05, 0.1) is 32.4 Å². The largest absolute Gasteiger partial charge is 0.497 e. The molecule has 25 heavy (non-hydrogen) atoms. The second-order valence-electron chi connectivity index (χ2n) is 6.54. The molecule has 3 atom stereocenters. The van der Waals surface area contributed by atoms with E-state index in [9.17, 15) is 9.59 Å². The molecule has 2 fully saturated rings. The Kier molecular flexibility index (Phi) is 5.43. The summed E-state index contributed by atoms with van der Waals surface area (Å²) in [5, 5.41) is 9.21. The lowest BCUT2D eigenvalue weighted by molar-refractivity contribution is -0.129. The third-order valence-electron chi connectivity index (χ3n) is 4.90. The predicted octanol–water partition coefficient (Wildman–Crippen LogP) is 1.43. The third kappa shape index (κ3) is 4.04. The number of hydrogen-bond donors (Lipinski definition) is 3. The molecule has 1 saturated carbocycles. The van der Waals surface area contributed by atoms with Crippen molar-refractivity contribution in [2.45, 2.75) is 50.2 Å². The van der Waals surface area contributed by atoms with Crippen molar-refractivity contribution in [3.05, 3.63) is 18.2 Å². The highest BCUT2D eigenvalue weighted by molar-refractivity contribution is 5.96. The minimum Gasteiger partial charge on any atom is -0.497 e. The number of methoxy groups -OCH3 is 2. The third-order valence-corrected chi connectivity index (χ3v) is 4.90. The normalized spacial score (nSPS) is 25.5. The van der Waals surface area contributed by atoms with Crippen molar-refractivity contribution in [1.29, 1.82) is 0 Å². The summed E-state index contributed by atoms with van der Waals surface area (Å²) < 4.78 is 10.4. The molecule has 136 valence electrons. The minimum atomic E-state index is -0.504. The first-order valence-electron chi connectivity index (χ1n) is 8.69. The molecule has 3 N–H and O–H groups in total. The van der Waals surface area contributed by atoms with E-state index in [1.54, 1.807) is 25.3 Å². The number of amides is 2. The zero-order chi connectivity index (χ0) is 17.8. The molecular weight excluding hydrogens is 322 g/mol. The molecule has 1 aliphatic heterocycles. The van der Waals surface area contributed by atoms with E-state index in [4.69, 9.17) is 9.47 Å². The number of carbonyl (C=O) groups is 2. The summed E-state index contributed by atoms with van der Waals surface area (Å²) in [6.45, 7) is 0. The van der Waals surface area contributed by atoms with E-state index in [-0.39, 0.29) is 30.3 Å². The van der Waals surface area contributed by atoms with Gasteiger partial charge in [0.25, 0.3) is 0 Å². The maximum atomic E-state index is 12.4. The average Bonchev–Trinajstić information content (AvgIpc) is 2.62. The van der Waals surface area contributed by atoms with E-state index in [0.717, 1.165) is 25.7 Å². The van der Waals surface area contributed by atoms with Crippen LogP contribution < -0.4 is 25.4 Å². The number of fused-ring (bicyclic) bond motifs is 1. The number of nitrogens with one attached hydrogen (secondary N) is 3. The van der Waals surface area contributed by atoms with Crippen molar-refractivity contribution in [2.24, 2.45) is 0 Å². The van der Waals surface area contributed by atoms with Crippen LogP contribution in [0.5, 0.6) is 11.5 Å². The van der Waals surface area contributed by atoms with Crippen LogP contribution in [-0.2, 0) is 9.59 Å². The van der Waals surface area contributed by atoms with Crippen LogP contribution in [0.2, 0.25) is 0 Å². The Balaban J connectivity index is 1.63. The zero-order valence-corrected chi connectivity index (χ0v) is 14.6. The molecule has 0 unspecified atom stereocenters. The Morgan fingerprint density at radius 2 is 1.96 bits per heavy atom. The van der Waals surface area contributed by atoms with E-state index in [1.807, 2.05) is 0 Å². The second-order valence-corrected chi connectivity index (χ2v) is 6.54. The van der Waals surface area contributed by atoms with Crippen LogP contribution in [0.15, 0.2) is 18.2 Å². The van der Waals surface area contributed by atoms with Crippen molar-refractivity contribution in [3.63, 3.8) is 0 Å². The first-order valence-corrected chi connectivity index (χ1v) is 8.69. The van der Waals surface area contributed by atoms with Crippen molar-refractivity contribution >= 4 is 17.5 Å². The fourth-order valence-electron chi connectivity index (χ4n) is 3.57. The van der Waals surface area contributed by atoms with E-state index in [0.29, 0.717) is 17.2 Å². The van der Waals surface area contributed by atoms with E-state index >= 15 is 0 Å². The highest BCUT2D eigenvalue weighted by Gasteiger charge is 2.37. The van der Waals surface area contributed by atoms with Gasteiger partial charge in [-0.05, 0) is 25.0 Å². The lowest BCUT2D eigenvalue weighted by Gasteiger charge is -2.40. The molecule has 2 aliphatic rings. The summed E-state index contributed by atoms with van der Waals surface area (Å²) in [6, 6.07) is 5.13. The van der Waals surface area contributed by atoms with Gasteiger partial charge in [0.1, 0.15) is 11.5 Å². The molecule has 0 spiro atoms. The van der Waals surface area contributed by atoms with Crippen LogP contribution in [0.4, 0.5) is 5.69 Å². The molecule has 3 rings (SSSR count). The summed E-state index contributed by atoms with van der Waals surface area (Å²) in [7, 11) is 3.10. The van der Waals surface area contributed by atoms with Gasteiger partial charge in [0.2, 0.25) is 11.8 Å². The lowest BCUT2D eigenvalue weighted by Crippen LogP contribution is -2.65. The molecule has 0 aromatic heterocycles. The molecule has 1 saturated heterocycles. The molecule has 0 bridgehead atoms. The molecule has 1 heterocycles. The minimum absolute atomic E-state index is 0.0788. The predicted molar refractivity (Wildman–Crippen MR) is 93.9 cm³/mol. The highest BCUT2D eigenvalue weighted by atomic mass is 16.5. The van der Waals surface area contributed by atoms with Crippen LogP contribution in [0.3, 0.4) is 0 Å². The van der Waals surface area contributed by atoms with Gasteiger partial charge in [-0.15, -0.1) is 0 Å². The summed E-state index contributed by atoms with van der Waals surface area (Å²) in [6.07, 6.45) is 4.42. The average molecular weight is 347 g/mol. The smallest absolute Gasteiger partial charge is 0.237 e. The molecule has 1 aromatic rings. The summed E-state index contributed by atoms with van der Waals surface area (Å²) in [4.78, 5) is 24.7. The molecular formula is C18H25N3O4. The number of carbonyl (C=O) groups excluding carboxylic acids is 2. The first kappa shape index (κ1) is 17.5. The number of anilines is 1. The van der Waals surface area contributed by atoms with Gasteiger partial charge in [0.15, 0.2) is 0 Å². The standard InChI is InChI=1S/C18H25N3O4/c1-24-11-7-8-16(25-2)14(9-11)20-17(22)10-15-18(23)21-13-6-4-3-5-12(13)19-15/h7-9,12-13,15,19H,3-6,10H2,1-2H3,(H,20,22)(H,21,23)/t12-,13-,15+/m0/s1. The van der Waals surface area contributed by atoms with Crippen molar-refractivity contribution < 1.29 is 19.1 Å². The fraction of sp³-hybridized carbons (Fsp3) is 0.556. The van der Waals surface area contributed by atoms with Crippen LogP contribution in [-0.4, -0.2) is 44.2 Å². The van der Waals surface area contributed by atoms with E-state index in [2.05, 4.69) is 16.0 Å². The zero-order valence-electron chi connectivity index (χ0n) is 14.6. The van der Waals surface area contributed by atoms with E-state index < -0.39 is 6.04 Å². The van der Waals surface area contributed by atoms with Gasteiger partial charge in [-0.2, -0.15) is 0 Å². The maximum Gasteiger partial charge on any atom is 0.237 e. The van der Waals surface area contributed by atoms with Gasteiger partial charge < -0.3 is 25.4 Å². The topological polar surface area (TPSA) is 88.7 Å². The second kappa shape index (κ2) is 7.74. The lowest BCUT2D eigenvalue weighted by atomic mass is 9.87. The van der Waals surface area contributed by atoms with Gasteiger partial charge in [-0.3, -0.25) is 9.59 Å². The highest BCUT2D eigenvalue weighted by Crippen LogP contribution is 2.29. The van der Waals surface area contributed by atoms with Crippen LogP contribution in [0.1, 0.15) is 32.1 Å². The van der Waals surface area contributed by atoms with Crippen LogP contribution in [0, 0.1) is 0 Å². The van der Waals surface area contributed by atoms with Crippen LogP contribution in [0.25, 0.3) is 0 Å². The summed E-state index contributed by atoms with van der Waals surface area (Å²) >= 11 is 0. The molecule has 0 radical (unpaired) electrons. The quantitative estimate of drug-likeness (QED) is 0.750. The Hall–Kier alpha value is -2.28. The SMILES string of the molecule is COc1ccc(OC)c(NC(=O)C[C@H]2N[C@H]3CCCC[C@@H]3NC2=O)c1. The number of hydrogen-bond acceptors (Lipinski definition) is 5. The Bertz CT molecular complexity index is 649. The Labute approximate surface area is 147 Å². The van der Waals surface area contributed by atoms with Gasteiger partial charge in [-0.25, -0.2) is 0 Å². The van der Waals surface area contributed by atoms with Gasteiger partial charge >= 0.3 is 0 Å². The Morgan fingerprint density at radius 1 is 1.20 bits per heavy atom. The van der Waals surface area contributed by atoms with E-state index in [1.165, 1.54) is 7.11 Å². The molecule has 1 aromatic carbocycles. The molecule has 7 heteroatoms. The summed E-state index contributed by atoms with van der Waals surface area (Å²) in [5.74, 6) is 0.821. The number of ether oxygens (including phenoxy) is 2. The molecule has 1 aliphatic carbocycles. The van der Waals surface area contributed by atoms with Crippen molar-refractivity contribution in [1.82, 2.24) is 10.6 Å². The number of benzene rings is 1. The van der Waals surface area contributed by atoms with Gasteiger partial charge in [-0.1, -0.05) is 12.8 Å². The monoisotopic (exact) mass is 347 g/mol. The Morgan fingerprint density at radius 3 is 2.68 bits per heavy atom. The van der Waals surface area contributed by atoms with Crippen molar-refractivity contribution in [3.8, 4) is 11.5 Å². The van der Waals surface area contributed by atoms with Crippen molar-refractivity contribution in [2.75, 3.05) is 19.5 Å². The first-order chi connectivity index (χ1) is 12.1. The number of rotatable bonds is 5. The fourth-order valence-corrected chi connectivity index (χ4v) is 3.57.